The lowest BCUT2D eigenvalue weighted by Crippen LogP contribution is -2.38. The van der Waals surface area contributed by atoms with Crippen molar-refractivity contribution in [3.05, 3.63) is 64.7 Å². The molecule has 1 saturated heterocycles. The van der Waals surface area contributed by atoms with Gasteiger partial charge in [0.2, 0.25) is 5.91 Å². The number of amides is 1. The van der Waals surface area contributed by atoms with E-state index in [2.05, 4.69) is 10.2 Å². The van der Waals surface area contributed by atoms with E-state index in [0.717, 1.165) is 38.2 Å². The predicted molar refractivity (Wildman–Crippen MR) is 105 cm³/mol. The van der Waals surface area contributed by atoms with Crippen LogP contribution in [0.3, 0.4) is 0 Å². The van der Waals surface area contributed by atoms with E-state index in [0.29, 0.717) is 10.6 Å². The number of nitrogens with one attached hydrogen (secondary N) is 1. The number of nitrogens with zero attached hydrogens (tertiary/aromatic N) is 1. The number of likely N-dealkylation sites (tertiary alicyclic amines) is 1. The summed E-state index contributed by atoms with van der Waals surface area (Å²) in [6.07, 6.45) is 1.93. The number of benzene rings is 2. The zero-order valence-electron chi connectivity index (χ0n) is 14.9. The lowest BCUT2D eigenvalue weighted by atomic mass is 9.90. The van der Waals surface area contributed by atoms with Crippen molar-refractivity contribution in [1.82, 2.24) is 4.90 Å². The number of halogens is 1. The minimum Gasteiger partial charge on any atom is -0.326 e. The summed E-state index contributed by atoms with van der Waals surface area (Å²) in [5.41, 5.74) is 2.67. The largest absolute Gasteiger partial charge is 0.326 e. The van der Waals surface area contributed by atoms with E-state index < -0.39 is 0 Å². The molecule has 0 saturated carbocycles. The summed E-state index contributed by atoms with van der Waals surface area (Å²) in [7, 11) is 0. The van der Waals surface area contributed by atoms with Gasteiger partial charge in [0, 0.05) is 42.2 Å². The van der Waals surface area contributed by atoms with Crippen LogP contribution in [0.15, 0.2) is 48.5 Å². The maximum absolute atomic E-state index is 12.8. The smallest absolute Gasteiger partial charge is 0.221 e. The molecule has 0 aromatic heterocycles. The average Bonchev–Trinajstić information content (AvgIpc) is 2.62. The Labute approximate surface area is 159 Å². The number of carbonyl (C=O) groups is 2. The van der Waals surface area contributed by atoms with Crippen LogP contribution in [0, 0.1) is 5.92 Å². The first-order valence-electron chi connectivity index (χ1n) is 8.90. The second kappa shape index (κ2) is 8.47. The van der Waals surface area contributed by atoms with Crippen molar-refractivity contribution >= 4 is 29.0 Å². The summed E-state index contributed by atoms with van der Waals surface area (Å²) in [5, 5.41) is 3.37. The molecule has 5 heteroatoms. The molecule has 0 bridgehead atoms. The molecule has 1 fully saturated rings. The zero-order chi connectivity index (χ0) is 18.5. The third kappa shape index (κ3) is 4.93. The van der Waals surface area contributed by atoms with Gasteiger partial charge in [0.15, 0.2) is 5.78 Å². The van der Waals surface area contributed by atoms with Gasteiger partial charge in [0.05, 0.1) is 0 Å². The van der Waals surface area contributed by atoms with Gasteiger partial charge in [-0.1, -0.05) is 35.9 Å². The van der Waals surface area contributed by atoms with Crippen LogP contribution in [-0.2, 0) is 11.3 Å². The van der Waals surface area contributed by atoms with E-state index in [1.54, 1.807) is 12.1 Å². The Hall–Kier alpha value is -2.17. The second-order valence-corrected chi connectivity index (χ2v) is 7.26. The van der Waals surface area contributed by atoms with E-state index in [1.807, 2.05) is 36.4 Å². The quantitative estimate of drug-likeness (QED) is 0.794. The van der Waals surface area contributed by atoms with Crippen molar-refractivity contribution in [1.29, 1.82) is 0 Å². The fourth-order valence-electron chi connectivity index (χ4n) is 3.45. The van der Waals surface area contributed by atoms with Crippen LogP contribution in [0.2, 0.25) is 5.02 Å². The predicted octanol–water partition coefficient (Wildman–Crippen LogP) is 4.39. The minimum absolute atomic E-state index is 0.0147. The van der Waals surface area contributed by atoms with E-state index in [1.165, 1.54) is 12.5 Å². The van der Waals surface area contributed by atoms with Gasteiger partial charge in [0.1, 0.15) is 0 Å². The van der Waals surface area contributed by atoms with Crippen LogP contribution in [0.1, 0.15) is 35.7 Å². The fraction of sp³-hybridized carbons (Fsp3) is 0.333. The Balaban J connectivity index is 1.61. The van der Waals surface area contributed by atoms with Gasteiger partial charge in [-0.15, -0.1) is 0 Å². The molecule has 1 aliphatic heterocycles. The summed E-state index contributed by atoms with van der Waals surface area (Å²) >= 11 is 6.02. The molecule has 2 aromatic carbocycles. The number of carbonyl (C=O) groups excluding carboxylic acids is 2. The van der Waals surface area contributed by atoms with Crippen molar-refractivity contribution in [2.75, 3.05) is 18.4 Å². The number of anilines is 1. The van der Waals surface area contributed by atoms with E-state index in [4.69, 9.17) is 11.6 Å². The summed E-state index contributed by atoms with van der Waals surface area (Å²) in [4.78, 5) is 26.2. The molecule has 1 aliphatic rings. The first-order valence-corrected chi connectivity index (χ1v) is 9.28. The molecule has 1 atom stereocenters. The van der Waals surface area contributed by atoms with Gasteiger partial charge < -0.3 is 5.32 Å². The molecular formula is C21H23ClN2O2. The Morgan fingerprint density at radius 1 is 1.19 bits per heavy atom. The number of hydrogen-bond donors (Lipinski definition) is 1. The molecule has 0 spiro atoms. The first-order chi connectivity index (χ1) is 12.5. The highest BCUT2D eigenvalue weighted by atomic mass is 35.5. The number of rotatable bonds is 5. The minimum atomic E-state index is -0.0730. The number of piperidine rings is 1. The number of Topliss-reactive ketones (excluding diaryl/α,β-unsaturated/α-hetero) is 1. The van der Waals surface area contributed by atoms with Gasteiger partial charge in [-0.2, -0.15) is 0 Å². The van der Waals surface area contributed by atoms with Crippen LogP contribution in [-0.4, -0.2) is 29.7 Å². The van der Waals surface area contributed by atoms with Crippen LogP contribution >= 0.6 is 11.6 Å². The Bertz CT molecular complexity index is 789. The molecule has 0 radical (unpaired) electrons. The lowest BCUT2D eigenvalue weighted by molar-refractivity contribution is -0.114. The average molecular weight is 371 g/mol. The van der Waals surface area contributed by atoms with Crippen LogP contribution in [0.4, 0.5) is 5.69 Å². The summed E-state index contributed by atoms with van der Waals surface area (Å²) in [5.74, 6) is 0.121. The van der Waals surface area contributed by atoms with Crippen molar-refractivity contribution in [2.45, 2.75) is 26.3 Å². The third-order valence-electron chi connectivity index (χ3n) is 4.67. The number of ketones is 1. The maximum Gasteiger partial charge on any atom is 0.221 e. The van der Waals surface area contributed by atoms with Gasteiger partial charge in [-0.25, -0.2) is 0 Å². The van der Waals surface area contributed by atoms with E-state index in [-0.39, 0.29) is 17.6 Å². The van der Waals surface area contributed by atoms with Crippen LogP contribution in [0.25, 0.3) is 0 Å². The fourth-order valence-corrected chi connectivity index (χ4v) is 3.64. The molecule has 0 aliphatic carbocycles. The standard InChI is InChI=1S/C21H23ClN2O2/c1-15(25)23-20-9-7-16(8-10-20)13-24-11-3-5-18(14-24)21(26)17-4-2-6-19(22)12-17/h2,4,6-10,12,18H,3,5,11,13-14H2,1H3,(H,23,25). The van der Waals surface area contributed by atoms with Crippen LogP contribution < -0.4 is 5.32 Å². The Kier molecular flexibility index (Phi) is 6.07. The molecule has 1 heterocycles. The first kappa shape index (κ1) is 18.6. The molecule has 1 unspecified atom stereocenters. The van der Waals surface area contributed by atoms with E-state index >= 15 is 0 Å². The van der Waals surface area contributed by atoms with Crippen LogP contribution in [0.5, 0.6) is 0 Å². The normalized spacial score (nSPS) is 17.7. The summed E-state index contributed by atoms with van der Waals surface area (Å²) in [6, 6.07) is 15.1. The van der Waals surface area contributed by atoms with Gasteiger partial charge in [-0.3, -0.25) is 14.5 Å². The summed E-state index contributed by atoms with van der Waals surface area (Å²) < 4.78 is 0. The van der Waals surface area contributed by atoms with Crippen molar-refractivity contribution in [2.24, 2.45) is 5.92 Å². The highest BCUT2D eigenvalue weighted by Gasteiger charge is 2.26. The molecule has 1 amide bonds. The second-order valence-electron chi connectivity index (χ2n) is 6.83. The SMILES string of the molecule is CC(=O)Nc1ccc(CN2CCCC(C(=O)c3cccc(Cl)c3)C2)cc1. The number of hydrogen-bond acceptors (Lipinski definition) is 3. The van der Waals surface area contributed by atoms with E-state index in [9.17, 15) is 9.59 Å². The van der Waals surface area contributed by atoms with Gasteiger partial charge in [-0.05, 0) is 49.2 Å². The monoisotopic (exact) mass is 370 g/mol. The molecule has 136 valence electrons. The third-order valence-corrected chi connectivity index (χ3v) is 4.90. The van der Waals surface area contributed by atoms with Crippen molar-refractivity contribution in [3.8, 4) is 0 Å². The Morgan fingerprint density at radius 3 is 2.65 bits per heavy atom. The lowest BCUT2D eigenvalue weighted by Gasteiger charge is -2.32. The molecule has 3 rings (SSSR count). The summed E-state index contributed by atoms with van der Waals surface area (Å²) in [6.45, 7) is 4.06. The van der Waals surface area contributed by atoms with Gasteiger partial charge in [0.25, 0.3) is 0 Å². The zero-order valence-corrected chi connectivity index (χ0v) is 15.6. The molecule has 4 nitrogen and oxygen atoms in total. The van der Waals surface area contributed by atoms with Crippen molar-refractivity contribution in [3.63, 3.8) is 0 Å². The molecule has 2 aromatic rings. The highest BCUT2D eigenvalue weighted by Crippen LogP contribution is 2.24. The highest BCUT2D eigenvalue weighted by molar-refractivity contribution is 6.31. The molecular weight excluding hydrogens is 348 g/mol. The Morgan fingerprint density at radius 2 is 1.96 bits per heavy atom. The molecule has 1 N–H and O–H groups in total. The maximum atomic E-state index is 12.8. The van der Waals surface area contributed by atoms with Gasteiger partial charge >= 0.3 is 0 Å². The topological polar surface area (TPSA) is 49.4 Å². The van der Waals surface area contributed by atoms with Crippen molar-refractivity contribution < 1.29 is 9.59 Å². The molecule has 26 heavy (non-hydrogen) atoms.